The van der Waals surface area contributed by atoms with E-state index in [-0.39, 0.29) is 57.4 Å². The summed E-state index contributed by atoms with van der Waals surface area (Å²) in [5.41, 5.74) is 1.33. The molecule has 0 radical (unpaired) electrons. The van der Waals surface area contributed by atoms with Crippen molar-refractivity contribution >= 4 is 41.0 Å². The van der Waals surface area contributed by atoms with Crippen LogP contribution in [0.1, 0.15) is 87.0 Å². The van der Waals surface area contributed by atoms with E-state index >= 15 is 0 Å². The van der Waals surface area contributed by atoms with Crippen molar-refractivity contribution in [1.29, 1.82) is 0 Å². The van der Waals surface area contributed by atoms with E-state index in [1.54, 1.807) is 19.1 Å². The fourth-order valence-electron chi connectivity index (χ4n) is 12.1. The van der Waals surface area contributed by atoms with Gasteiger partial charge in [-0.3, -0.25) is 24.5 Å². The highest BCUT2D eigenvalue weighted by Gasteiger charge is 2.81. The lowest BCUT2D eigenvalue weighted by Gasteiger charge is -2.61. The van der Waals surface area contributed by atoms with E-state index in [4.69, 9.17) is 14.2 Å². The van der Waals surface area contributed by atoms with Crippen molar-refractivity contribution in [3.63, 3.8) is 0 Å². The SMILES string of the molecule is C=C(C(=O)[C@H](OC(C)=O)[C@@H](C)[C@H]1[C@@H](OC(C)=O)C[C@@]2(C)[C@@H]3CC[C@H]4[C@H](C)C(=O)C=C[C@@]45C[C@@]35CC[C@]12C)[C@@H](C)COC(=O)Nc1ccc(N(C)C)cc1. The first-order valence-corrected chi connectivity index (χ1v) is 19.3. The molecule has 0 unspecified atom stereocenters. The Labute approximate surface area is 314 Å². The van der Waals surface area contributed by atoms with Gasteiger partial charge in [-0.25, -0.2) is 4.79 Å². The summed E-state index contributed by atoms with van der Waals surface area (Å²) in [6.07, 6.45) is 7.39. The first kappa shape index (κ1) is 38.8. The van der Waals surface area contributed by atoms with Gasteiger partial charge in [0.05, 0.1) is 6.61 Å². The lowest BCUT2D eigenvalue weighted by atomic mass is 9.43. The molecule has 5 aliphatic rings. The van der Waals surface area contributed by atoms with Gasteiger partial charge in [0, 0.05) is 63.0 Å². The predicted octanol–water partition coefficient (Wildman–Crippen LogP) is 7.57. The summed E-state index contributed by atoms with van der Waals surface area (Å²) in [5.74, 6) is -1.76. The number of carbonyl (C=O) groups is 5. The molecule has 12 atom stereocenters. The third kappa shape index (κ3) is 6.21. The highest BCUT2D eigenvalue weighted by Crippen LogP contribution is 2.87. The number of Topliss-reactive ketones (excluding diaryl/α,β-unsaturated/α-hetero) is 1. The van der Waals surface area contributed by atoms with Crippen molar-refractivity contribution in [3.8, 4) is 0 Å². The quantitative estimate of drug-likeness (QED) is 0.139. The Hall–Kier alpha value is -3.95. The Morgan fingerprint density at radius 3 is 2.30 bits per heavy atom. The second-order valence-electron chi connectivity index (χ2n) is 17.7. The number of anilines is 2. The van der Waals surface area contributed by atoms with Crippen molar-refractivity contribution in [3.05, 3.63) is 48.6 Å². The Morgan fingerprint density at radius 2 is 1.68 bits per heavy atom. The van der Waals surface area contributed by atoms with Crippen LogP contribution in [0, 0.1) is 57.2 Å². The lowest BCUT2D eigenvalue weighted by molar-refractivity contribution is -0.166. The number of rotatable bonds is 11. The molecule has 10 heteroatoms. The molecular weight excluding hydrogens is 672 g/mol. The molecule has 0 heterocycles. The van der Waals surface area contributed by atoms with Crippen molar-refractivity contribution in [2.24, 2.45) is 57.2 Å². The smallest absolute Gasteiger partial charge is 0.411 e. The third-order valence-electron chi connectivity index (χ3n) is 14.9. The number of hydrogen-bond donors (Lipinski definition) is 1. The molecule has 6 rings (SSSR count). The minimum Gasteiger partial charge on any atom is -0.462 e. The van der Waals surface area contributed by atoms with E-state index in [1.807, 2.05) is 44.1 Å². The second kappa shape index (κ2) is 13.7. The molecule has 2 spiro atoms. The molecule has 1 amide bonds. The molecule has 1 N–H and O–H groups in total. The molecule has 53 heavy (non-hydrogen) atoms. The van der Waals surface area contributed by atoms with Gasteiger partial charge in [-0.1, -0.05) is 47.3 Å². The minimum atomic E-state index is -1.17. The number of allylic oxidation sites excluding steroid dienone is 2. The zero-order valence-corrected chi connectivity index (χ0v) is 33.0. The Kier molecular flexibility index (Phi) is 10.0. The van der Waals surface area contributed by atoms with Crippen LogP contribution in [0.25, 0.3) is 0 Å². The minimum absolute atomic E-state index is 0.0258. The van der Waals surface area contributed by atoms with E-state index in [1.165, 1.54) is 13.8 Å². The predicted molar refractivity (Wildman–Crippen MR) is 202 cm³/mol. The molecule has 4 fully saturated rings. The van der Waals surface area contributed by atoms with Crippen molar-refractivity contribution < 1.29 is 38.2 Å². The molecule has 4 saturated carbocycles. The summed E-state index contributed by atoms with van der Waals surface area (Å²) in [6.45, 7) is 17.2. The fourth-order valence-corrected chi connectivity index (χ4v) is 12.1. The molecule has 1 aromatic rings. The maximum Gasteiger partial charge on any atom is 0.411 e. The lowest BCUT2D eigenvalue weighted by Crippen LogP contribution is -2.56. The van der Waals surface area contributed by atoms with Gasteiger partial charge in [-0.05, 0) is 108 Å². The number of amides is 1. The zero-order valence-electron chi connectivity index (χ0n) is 33.0. The number of nitrogens with zero attached hydrogens (tertiary/aromatic N) is 1. The number of esters is 2. The van der Waals surface area contributed by atoms with E-state index in [0.29, 0.717) is 23.9 Å². The Balaban J connectivity index is 1.21. The van der Waals surface area contributed by atoms with Gasteiger partial charge in [0.1, 0.15) is 6.10 Å². The topological polar surface area (TPSA) is 128 Å². The molecule has 0 bridgehead atoms. The number of carbonyl (C=O) groups excluding carboxylic acids is 5. The molecule has 5 aliphatic carbocycles. The van der Waals surface area contributed by atoms with Gasteiger partial charge < -0.3 is 19.1 Å². The normalized spacial score (nSPS) is 36.6. The summed E-state index contributed by atoms with van der Waals surface area (Å²) in [7, 11) is 3.86. The Morgan fingerprint density at radius 1 is 1.00 bits per heavy atom. The number of benzene rings is 1. The van der Waals surface area contributed by atoms with Crippen LogP contribution in [-0.4, -0.2) is 62.5 Å². The first-order valence-electron chi connectivity index (χ1n) is 19.3. The fraction of sp³-hybridized carbons (Fsp3) is 0.651. The van der Waals surface area contributed by atoms with E-state index in [9.17, 15) is 24.0 Å². The van der Waals surface area contributed by atoms with Crippen LogP contribution in [0.3, 0.4) is 0 Å². The zero-order chi connectivity index (χ0) is 38.8. The average Bonchev–Trinajstić information content (AvgIpc) is 3.70. The van der Waals surface area contributed by atoms with E-state index < -0.39 is 41.9 Å². The summed E-state index contributed by atoms with van der Waals surface area (Å²) in [6, 6.07) is 7.32. The molecule has 288 valence electrons. The largest absolute Gasteiger partial charge is 0.462 e. The third-order valence-corrected chi connectivity index (χ3v) is 14.9. The molecular formula is C43H58N2O8. The summed E-state index contributed by atoms with van der Waals surface area (Å²) < 4.78 is 17.5. The summed E-state index contributed by atoms with van der Waals surface area (Å²) in [5, 5.41) is 2.71. The number of hydrogen-bond acceptors (Lipinski definition) is 9. The maximum atomic E-state index is 14.3. The van der Waals surface area contributed by atoms with Crippen molar-refractivity contribution in [1.82, 2.24) is 0 Å². The van der Waals surface area contributed by atoms with Gasteiger partial charge >= 0.3 is 18.0 Å². The Bertz CT molecular complexity index is 1720. The highest BCUT2D eigenvalue weighted by molar-refractivity contribution is 6.00. The van der Waals surface area contributed by atoms with Crippen LogP contribution in [-0.2, 0) is 33.4 Å². The summed E-state index contributed by atoms with van der Waals surface area (Å²) >= 11 is 0. The van der Waals surface area contributed by atoms with Crippen LogP contribution >= 0.6 is 0 Å². The van der Waals surface area contributed by atoms with Crippen LogP contribution < -0.4 is 10.2 Å². The molecule has 1 aromatic carbocycles. The van der Waals surface area contributed by atoms with Gasteiger partial charge in [0.2, 0.25) is 0 Å². The molecule has 0 saturated heterocycles. The monoisotopic (exact) mass is 730 g/mol. The highest BCUT2D eigenvalue weighted by atomic mass is 16.6. The van der Waals surface area contributed by atoms with Crippen LogP contribution in [0.4, 0.5) is 16.2 Å². The average molecular weight is 731 g/mol. The molecule has 0 aliphatic heterocycles. The van der Waals surface area contributed by atoms with Crippen molar-refractivity contribution in [2.75, 3.05) is 30.9 Å². The number of fused-ring (bicyclic) bond motifs is 2. The first-order chi connectivity index (χ1) is 24.8. The maximum absolute atomic E-state index is 14.3. The van der Waals surface area contributed by atoms with Gasteiger partial charge in [0.25, 0.3) is 0 Å². The van der Waals surface area contributed by atoms with Gasteiger partial charge in [-0.15, -0.1) is 0 Å². The van der Waals surface area contributed by atoms with Crippen LogP contribution in [0.5, 0.6) is 0 Å². The summed E-state index contributed by atoms with van der Waals surface area (Å²) in [4.78, 5) is 67.0. The van der Waals surface area contributed by atoms with Crippen LogP contribution in [0.15, 0.2) is 48.6 Å². The number of ketones is 2. The number of ether oxygens (including phenoxy) is 3. The van der Waals surface area contributed by atoms with Crippen LogP contribution in [0.2, 0.25) is 0 Å². The molecule has 10 nitrogen and oxygen atoms in total. The van der Waals surface area contributed by atoms with Crippen molar-refractivity contribution in [2.45, 2.75) is 99.2 Å². The van der Waals surface area contributed by atoms with E-state index in [2.05, 4.69) is 38.7 Å². The number of nitrogens with one attached hydrogen (secondary N) is 1. The van der Waals surface area contributed by atoms with Gasteiger partial charge in [0.15, 0.2) is 17.7 Å². The molecule has 0 aromatic heterocycles. The standard InChI is InChI=1S/C43H58N2O8/c1-24(22-51-39(50)44-30-11-13-31(14-12-30)45(9)10)25(2)37(49)38(53-29(6)47)27(4)36-34(52-28(5)46)21-41(8)35-16-15-32-26(3)33(48)17-18-42(32)23-43(35,42)20-19-40(36,41)7/h11-14,17-18,24,26-27,32,34-36,38H,2,15-16,19-23H2,1,3-10H3,(H,44,50)/t24-,26-,27-,32-,34-,35-,36-,38+,40+,41-,42+,43-/m0/s1. The second-order valence-corrected chi connectivity index (χ2v) is 17.7. The van der Waals surface area contributed by atoms with E-state index in [0.717, 1.165) is 37.8 Å². The van der Waals surface area contributed by atoms with Gasteiger partial charge in [-0.2, -0.15) is 0 Å².